The Hall–Kier alpha value is -2.19. The number of rotatable bonds is 6. The average Bonchev–Trinajstić information content (AvgIpc) is 2.68. The zero-order valence-electron chi connectivity index (χ0n) is 15.6. The van der Waals surface area contributed by atoms with E-state index in [1.807, 2.05) is 31.3 Å². The van der Waals surface area contributed by atoms with Crippen molar-refractivity contribution in [2.45, 2.75) is 18.9 Å². The lowest BCUT2D eigenvalue weighted by Crippen LogP contribution is -2.46. The van der Waals surface area contributed by atoms with E-state index in [0.29, 0.717) is 12.6 Å². The first-order valence-corrected chi connectivity index (χ1v) is 9.71. The van der Waals surface area contributed by atoms with Gasteiger partial charge in [-0.3, -0.25) is 9.69 Å². The molecule has 1 N–H and O–H groups in total. The molecule has 0 spiro atoms. The van der Waals surface area contributed by atoms with Crippen molar-refractivity contribution in [1.82, 2.24) is 14.9 Å². The van der Waals surface area contributed by atoms with E-state index in [1.54, 1.807) is 19.5 Å². The van der Waals surface area contributed by atoms with E-state index in [1.165, 1.54) is 0 Å². The Morgan fingerprint density at radius 2 is 2.04 bits per heavy atom. The average molecular weight is 434 g/mol. The molecule has 0 unspecified atom stereocenters. The summed E-state index contributed by atoms with van der Waals surface area (Å²) in [5.41, 5.74) is 0.751. The molecular formula is C19H24BrN5O2. The van der Waals surface area contributed by atoms with Gasteiger partial charge in [0.2, 0.25) is 11.9 Å². The topological polar surface area (TPSA) is 70.6 Å². The van der Waals surface area contributed by atoms with Crippen LogP contribution in [0, 0.1) is 0 Å². The smallest absolute Gasteiger partial charge is 0.238 e. The Kier molecular flexibility index (Phi) is 6.63. The van der Waals surface area contributed by atoms with Gasteiger partial charge in [-0.05, 0) is 40.9 Å². The molecule has 1 aromatic heterocycles. The van der Waals surface area contributed by atoms with Gasteiger partial charge in [-0.15, -0.1) is 0 Å². The number of likely N-dealkylation sites (tertiary alicyclic amines) is 1. The largest absolute Gasteiger partial charge is 0.497 e. The van der Waals surface area contributed by atoms with Gasteiger partial charge < -0.3 is 15.0 Å². The number of carbonyl (C=O) groups excluding carboxylic acids is 1. The number of benzene rings is 1. The van der Waals surface area contributed by atoms with Gasteiger partial charge >= 0.3 is 0 Å². The molecule has 1 aromatic carbocycles. The van der Waals surface area contributed by atoms with E-state index in [2.05, 4.69) is 41.0 Å². The van der Waals surface area contributed by atoms with Crippen molar-refractivity contribution in [3.8, 4) is 5.75 Å². The third-order valence-electron chi connectivity index (χ3n) is 4.75. The minimum atomic E-state index is -0.00806. The van der Waals surface area contributed by atoms with E-state index >= 15 is 0 Å². The van der Waals surface area contributed by atoms with E-state index in [4.69, 9.17) is 4.74 Å². The molecule has 0 radical (unpaired) electrons. The lowest BCUT2D eigenvalue weighted by molar-refractivity contribution is -0.117. The zero-order valence-corrected chi connectivity index (χ0v) is 17.1. The second-order valence-corrected chi connectivity index (χ2v) is 7.52. The maximum Gasteiger partial charge on any atom is 0.238 e. The van der Waals surface area contributed by atoms with Crippen LogP contribution in [0.3, 0.4) is 0 Å². The van der Waals surface area contributed by atoms with Crippen LogP contribution in [0.25, 0.3) is 0 Å². The van der Waals surface area contributed by atoms with Gasteiger partial charge in [0.05, 0.1) is 18.1 Å². The zero-order chi connectivity index (χ0) is 19.2. The second-order valence-electron chi connectivity index (χ2n) is 6.60. The van der Waals surface area contributed by atoms with Crippen LogP contribution in [-0.4, -0.2) is 60.6 Å². The number of carbonyl (C=O) groups is 1. The van der Waals surface area contributed by atoms with Crippen molar-refractivity contribution in [1.29, 1.82) is 0 Å². The highest BCUT2D eigenvalue weighted by Crippen LogP contribution is 2.20. The molecule has 144 valence electrons. The molecule has 1 fully saturated rings. The summed E-state index contributed by atoms with van der Waals surface area (Å²) in [5, 5.41) is 2.93. The van der Waals surface area contributed by atoms with E-state index in [0.717, 1.165) is 47.8 Å². The van der Waals surface area contributed by atoms with Gasteiger partial charge in [0.25, 0.3) is 0 Å². The van der Waals surface area contributed by atoms with Crippen LogP contribution in [0.2, 0.25) is 0 Å². The number of hydrogen-bond donors (Lipinski definition) is 1. The van der Waals surface area contributed by atoms with E-state index in [9.17, 15) is 4.79 Å². The number of methoxy groups -OCH3 is 1. The molecule has 0 atom stereocenters. The fraction of sp³-hybridized carbons (Fsp3) is 0.421. The van der Waals surface area contributed by atoms with Crippen LogP contribution < -0.4 is 15.0 Å². The monoisotopic (exact) mass is 433 g/mol. The van der Waals surface area contributed by atoms with Gasteiger partial charge in [0.15, 0.2) is 0 Å². The summed E-state index contributed by atoms with van der Waals surface area (Å²) in [6.07, 6.45) is 5.47. The third kappa shape index (κ3) is 5.40. The lowest BCUT2D eigenvalue weighted by Gasteiger charge is -2.36. The fourth-order valence-corrected chi connectivity index (χ4v) is 3.42. The maximum atomic E-state index is 12.3. The molecule has 1 amide bonds. The Labute approximate surface area is 167 Å². The van der Waals surface area contributed by atoms with Crippen molar-refractivity contribution >= 4 is 33.5 Å². The fourth-order valence-electron chi connectivity index (χ4n) is 3.22. The predicted octanol–water partition coefficient (Wildman–Crippen LogP) is 2.79. The highest BCUT2D eigenvalue weighted by atomic mass is 79.9. The van der Waals surface area contributed by atoms with Crippen molar-refractivity contribution in [2.24, 2.45) is 0 Å². The molecule has 8 heteroatoms. The number of amides is 1. The molecule has 3 rings (SSSR count). The summed E-state index contributed by atoms with van der Waals surface area (Å²) in [4.78, 5) is 25.4. The molecule has 7 nitrogen and oxygen atoms in total. The number of nitrogens with one attached hydrogen (secondary N) is 1. The molecule has 2 heterocycles. The standard InChI is InChI=1S/C19H24BrN5O2/c1-24(19-21-11-14(20)12-22-19)16-6-8-25(9-7-16)13-18(26)23-15-4-3-5-17(10-15)27-2/h3-5,10-12,16H,6-9,13H2,1-2H3,(H,23,26). The summed E-state index contributed by atoms with van der Waals surface area (Å²) >= 11 is 3.36. The summed E-state index contributed by atoms with van der Waals surface area (Å²) in [5.74, 6) is 1.45. The Balaban J connectivity index is 1.47. The number of aromatic nitrogens is 2. The molecule has 0 aliphatic carbocycles. The SMILES string of the molecule is COc1cccc(NC(=O)CN2CCC(N(C)c3ncc(Br)cn3)CC2)c1. The lowest BCUT2D eigenvalue weighted by atomic mass is 10.0. The molecule has 1 aliphatic heterocycles. The van der Waals surface area contributed by atoms with Crippen LogP contribution in [0.1, 0.15) is 12.8 Å². The van der Waals surface area contributed by atoms with Crippen molar-refractivity contribution in [3.63, 3.8) is 0 Å². The molecule has 0 bridgehead atoms. The van der Waals surface area contributed by atoms with Gasteiger partial charge in [0, 0.05) is 50.3 Å². The predicted molar refractivity (Wildman–Crippen MR) is 109 cm³/mol. The van der Waals surface area contributed by atoms with Crippen LogP contribution in [-0.2, 0) is 4.79 Å². The first kappa shape index (κ1) is 19.6. The number of nitrogens with zero attached hydrogens (tertiary/aromatic N) is 4. The summed E-state index contributed by atoms with van der Waals surface area (Å²) in [7, 11) is 3.64. The van der Waals surface area contributed by atoms with Crippen LogP contribution in [0.4, 0.5) is 11.6 Å². The highest BCUT2D eigenvalue weighted by Gasteiger charge is 2.25. The quantitative estimate of drug-likeness (QED) is 0.754. The highest BCUT2D eigenvalue weighted by molar-refractivity contribution is 9.10. The number of ether oxygens (including phenoxy) is 1. The molecule has 27 heavy (non-hydrogen) atoms. The van der Waals surface area contributed by atoms with Gasteiger partial charge in [-0.25, -0.2) is 9.97 Å². The first-order chi connectivity index (χ1) is 13.0. The van der Waals surface area contributed by atoms with Gasteiger partial charge in [-0.1, -0.05) is 6.07 Å². The van der Waals surface area contributed by atoms with Gasteiger partial charge in [-0.2, -0.15) is 0 Å². The van der Waals surface area contributed by atoms with Gasteiger partial charge in [0.1, 0.15) is 5.75 Å². The summed E-state index contributed by atoms with van der Waals surface area (Å²) < 4.78 is 6.06. The summed E-state index contributed by atoms with van der Waals surface area (Å²) in [6, 6.07) is 7.77. The molecular weight excluding hydrogens is 410 g/mol. The van der Waals surface area contributed by atoms with Crippen molar-refractivity contribution in [2.75, 3.05) is 44.0 Å². The van der Waals surface area contributed by atoms with Crippen molar-refractivity contribution in [3.05, 3.63) is 41.1 Å². The maximum absolute atomic E-state index is 12.3. The van der Waals surface area contributed by atoms with Crippen LogP contribution >= 0.6 is 15.9 Å². The minimum Gasteiger partial charge on any atom is -0.497 e. The van der Waals surface area contributed by atoms with Crippen LogP contribution in [0.15, 0.2) is 41.1 Å². The normalized spacial score (nSPS) is 15.4. The van der Waals surface area contributed by atoms with Crippen molar-refractivity contribution < 1.29 is 9.53 Å². The Morgan fingerprint density at radius 1 is 1.33 bits per heavy atom. The third-order valence-corrected chi connectivity index (χ3v) is 5.16. The Morgan fingerprint density at radius 3 is 2.70 bits per heavy atom. The molecule has 2 aromatic rings. The Bertz CT molecular complexity index is 763. The van der Waals surface area contributed by atoms with E-state index in [-0.39, 0.29) is 5.91 Å². The number of halogens is 1. The number of piperidine rings is 1. The number of hydrogen-bond acceptors (Lipinski definition) is 6. The summed E-state index contributed by atoms with van der Waals surface area (Å²) in [6.45, 7) is 2.14. The first-order valence-electron chi connectivity index (χ1n) is 8.92. The molecule has 0 saturated carbocycles. The molecule has 1 saturated heterocycles. The second kappa shape index (κ2) is 9.14. The molecule has 1 aliphatic rings. The minimum absolute atomic E-state index is 0.00806. The van der Waals surface area contributed by atoms with E-state index < -0.39 is 0 Å². The number of anilines is 2. The van der Waals surface area contributed by atoms with Crippen LogP contribution in [0.5, 0.6) is 5.75 Å².